The molecule has 1 fully saturated rings. The lowest BCUT2D eigenvalue weighted by Gasteiger charge is -2.16. The van der Waals surface area contributed by atoms with Crippen LogP contribution < -0.4 is 5.32 Å². The second kappa shape index (κ2) is 8.09. The van der Waals surface area contributed by atoms with Gasteiger partial charge in [0.15, 0.2) is 0 Å². The summed E-state index contributed by atoms with van der Waals surface area (Å²) in [5.41, 5.74) is 4.57. The molecule has 1 saturated heterocycles. The maximum absolute atomic E-state index is 12.6. The standard InChI is InChI=1S/C24H22N2O2/c27-23-10-5-15-26(23)17-18-6-4-9-21(16-18)24(28)25-22-13-11-20(12-14-22)19-7-2-1-3-8-19/h1-4,6-9,11-14,16H,5,10,15,17H2,(H,25,28). The van der Waals surface area contributed by atoms with E-state index in [1.54, 1.807) is 6.07 Å². The van der Waals surface area contributed by atoms with E-state index in [1.165, 1.54) is 0 Å². The molecule has 0 atom stereocenters. The molecule has 0 bridgehead atoms. The maximum atomic E-state index is 12.6. The second-order valence-corrected chi connectivity index (χ2v) is 7.02. The number of benzene rings is 3. The Labute approximate surface area is 164 Å². The number of rotatable bonds is 5. The highest BCUT2D eigenvalue weighted by molar-refractivity contribution is 6.04. The van der Waals surface area contributed by atoms with Gasteiger partial charge >= 0.3 is 0 Å². The van der Waals surface area contributed by atoms with E-state index in [2.05, 4.69) is 17.4 Å². The lowest BCUT2D eigenvalue weighted by Crippen LogP contribution is -2.24. The molecule has 1 aliphatic rings. The van der Waals surface area contributed by atoms with Crippen molar-refractivity contribution in [2.75, 3.05) is 11.9 Å². The van der Waals surface area contributed by atoms with Crippen LogP contribution in [0.5, 0.6) is 0 Å². The molecule has 28 heavy (non-hydrogen) atoms. The maximum Gasteiger partial charge on any atom is 0.255 e. The number of anilines is 1. The van der Waals surface area contributed by atoms with Crippen LogP contribution in [0.25, 0.3) is 11.1 Å². The molecule has 0 aromatic heterocycles. The van der Waals surface area contributed by atoms with Gasteiger partial charge in [-0.3, -0.25) is 9.59 Å². The molecule has 1 heterocycles. The summed E-state index contributed by atoms with van der Waals surface area (Å²) >= 11 is 0. The van der Waals surface area contributed by atoms with E-state index in [-0.39, 0.29) is 11.8 Å². The van der Waals surface area contributed by atoms with Gasteiger partial charge in [0, 0.05) is 30.8 Å². The van der Waals surface area contributed by atoms with Gasteiger partial charge in [-0.2, -0.15) is 0 Å². The Morgan fingerprint density at radius 2 is 1.64 bits per heavy atom. The molecular formula is C24H22N2O2. The Morgan fingerprint density at radius 1 is 0.893 bits per heavy atom. The molecule has 0 spiro atoms. The van der Waals surface area contributed by atoms with Gasteiger partial charge in [-0.25, -0.2) is 0 Å². The molecule has 3 aromatic rings. The molecule has 0 saturated carbocycles. The molecule has 0 radical (unpaired) electrons. The first-order valence-electron chi connectivity index (χ1n) is 9.52. The number of nitrogens with zero attached hydrogens (tertiary/aromatic N) is 1. The molecule has 1 aliphatic heterocycles. The average Bonchev–Trinajstić information content (AvgIpc) is 3.14. The minimum atomic E-state index is -0.151. The van der Waals surface area contributed by atoms with Gasteiger partial charge in [0.25, 0.3) is 5.91 Å². The van der Waals surface area contributed by atoms with Crippen LogP contribution in [-0.2, 0) is 11.3 Å². The summed E-state index contributed by atoms with van der Waals surface area (Å²) in [5, 5.41) is 2.95. The normalized spacial score (nSPS) is 13.6. The van der Waals surface area contributed by atoms with E-state index in [1.807, 2.05) is 65.6 Å². The number of amides is 2. The van der Waals surface area contributed by atoms with Crippen LogP contribution in [0.1, 0.15) is 28.8 Å². The molecule has 4 nitrogen and oxygen atoms in total. The highest BCUT2D eigenvalue weighted by Gasteiger charge is 2.20. The average molecular weight is 370 g/mol. The Morgan fingerprint density at radius 3 is 2.36 bits per heavy atom. The second-order valence-electron chi connectivity index (χ2n) is 7.02. The van der Waals surface area contributed by atoms with E-state index < -0.39 is 0 Å². The fraction of sp³-hybridized carbons (Fsp3) is 0.167. The molecule has 140 valence electrons. The predicted molar refractivity (Wildman–Crippen MR) is 111 cm³/mol. The van der Waals surface area contributed by atoms with Gasteiger partial charge in [-0.05, 0) is 47.4 Å². The highest BCUT2D eigenvalue weighted by Crippen LogP contribution is 2.21. The van der Waals surface area contributed by atoms with Crippen molar-refractivity contribution in [1.29, 1.82) is 0 Å². The lowest BCUT2D eigenvalue weighted by atomic mass is 10.1. The number of hydrogen-bond acceptors (Lipinski definition) is 2. The van der Waals surface area contributed by atoms with Crippen molar-refractivity contribution in [2.24, 2.45) is 0 Å². The lowest BCUT2D eigenvalue weighted by molar-refractivity contribution is -0.128. The first kappa shape index (κ1) is 18.0. The minimum absolute atomic E-state index is 0.151. The van der Waals surface area contributed by atoms with Crippen LogP contribution in [0.3, 0.4) is 0 Å². The Balaban J connectivity index is 1.43. The Bertz CT molecular complexity index is 981. The number of likely N-dealkylation sites (tertiary alicyclic amines) is 1. The first-order chi connectivity index (χ1) is 13.7. The highest BCUT2D eigenvalue weighted by atomic mass is 16.2. The van der Waals surface area contributed by atoms with Crippen LogP contribution in [0, 0.1) is 0 Å². The monoisotopic (exact) mass is 370 g/mol. The summed E-state index contributed by atoms with van der Waals surface area (Å²) in [5.74, 6) is 0.0374. The van der Waals surface area contributed by atoms with Crippen LogP contribution in [0.2, 0.25) is 0 Å². The first-order valence-corrected chi connectivity index (χ1v) is 9.52. The van der Waals surface area contributed by atoms with Gasteiger partial charge in [-0.1, -0.05) is 54.6 Å². The van der Waals surface area contributed by atoms with E-state index in [0.29, 0.717) is 18.5 Å². The molecule has 4 rings (SSSR count). The summed E-state index contributed by atoms with van der Waals surface area (Å²) in [6.07, 6.45) is 1.54. The zero-order valence-electron chi connectivity index (χ0n) is 15.6. The summed E-state index contributed by atoms with van der Waals surface area (Å²) in [4.78, 5) is 26.3. The van der Waals surface area contributed by atoms with Crippen molar-refractivity contribution in [1.82, 2.24) is 4.90 Å². The van der Waals surface area contributed by atoms with Gasteiger partial charge < -0.3 is 10.2 Å². The fourth-order valence-corrected chi connectivity index (χ4v) is 3.48. The van der Waals surface area contributed by atoms with E-state index in [0.717, 1.165) is 35.3 Å². The topological polar surface area (TPSA) is 49.4 Å². The van der Waals surface area contributed by atoms with Crippen molar-refractivity contribution in [3.63, 3.8) is 0 Å². The summed E-state index contributed by atoms with van der Waals surface area (Å²) in [6.45, 7) is 1.36. The molecule has 4 heteroatoms. The molecule has 0 unspecified atom stereocenters. The van der Waals surface area contributed by atoms with Gasteiger partial charge in [0.05, 0.1) is 0 Å². The van der Waals surface area contributed by atoms with Crippen molar-refractivity contribution in [3.05, 3.63) is 90.0 Å². The zero-order valence-corrected chi connectivity index (χ0v) is 15.6. The smallest absolute Gasteiger partial charge is 0.255 e. The molecule has 3 aromatic carbocycles. The third-order valence-electron chi connectivity index (χ3n) is 4.98. The van der Waals surface area contributed by atoms with Crippen LogP contribution in [0.4, 0.5) is 5.69 Å². The van der Waals surface area contributed by atoms with Crippen molar-refractivity contribution in [3.8, 4) is 11.1 Å². The number of carbonyl (C=O) groups excluding carboxylic acids is 2. The fourth-order valence-electron chi connectivity index (χ4n) is 3.48. The van der Waals surface area contributed by atoms with Crippen molar-refractivity contribution >= 4 is 17.5 Å². The summed E-state index contributed by atoms with van der Waals surface area (Å²) in [6, 6.07) is 25.4. The molecule has 0 aliphatic carbocycles. The van der Waals surface area contributed by atoms with Gasteiger partial charge in [-0.15, -0.1) is 0 Å². The zero-order chi connectivity index (χ0) is 19.3. The predicted octanol–water partition coefficient (Wildman–Crippen LogP) is 4.73. The van der Waals surface area contributed by atoms with Gasteiger partial charge in [0.2, 0.25) is 5.91 Å². The Kier molecular flexibility index (Phi) is 5.20. The number of hydrogen-bond donors (Lipinski definition) is 1. The van der Waals surface area contributed by atoms with Crippen LogP contribution >= 0.6 is 0 Å². The van der Waals surface area contributed by atoms with Crippen molar-refractivity contribution in [2.45, 2.75) is 19.4 Å². The largest absolute Gasteiger partial charge is 0.338 e. The van der Waals surface area contributed by atoms with Crippen molar-refractivity contribution < 1.29 is 9.59 Å². The van der Waals surface area contributed by atoms with E-state index in [4.69, 9.17) is 0 Å². The number of carbonyl (C=O) groups is 2. The third-order valence-corrected chi connectivity index (χ3v) is 4.98. The van der Waals surface area contributed by atoms with Gasteiger partial charge in [0.1, 0.15) is 0 Å². The number of nitrogens with one attached hydrogen (secondary N) is 1. The molecule has 2 amide bonds. The molecular weight excluding hydrogens is 348 g/mol. The molecule has 1 N–H and O–H groups in total. The minimum Gasteiger partial charge on any atom is -0.338 e. The van der Waals surface area contributed by atoms with E-state index >= 15 is 0 Å². The third kappa shape index (κ3) is 4.12. The SMILES string of the molecule is O=C(Nc1ccc(-c2ccccc2)cc1)c1cccc(CN2CCCC2=O)c1. The summed E-state index contributed by atoms with van der Waals surface area (Å²) in [7, 11) is 0. The quantitative estimate of drug-likeness (QED) is 0.706. The van der Waals surface area contributed by atoms with Crippen LogP contribution in [0.15, 0.2) is 78.9 Å². The van der Waals surface area contributed by atoms with Crippen LogP contribution in [-0.4, -0.2) is 23.3 Å². The summed E-state index contributed by atoms with van der Waals surface area (Å²) < 4.78 is 0. The van der Waals surface area contributed by atoms with E-state index in [9.17, 15) is 9.59 Å². The Hall–Kier alpha value is -3.40.